The Morgan fingerprint density at radius 2 is 1.93 bits per heavy atom. The number of hydrogen-bond donors (Lipinski definition) is 2. The summed E-state index contributed by atoms with van der Waals surface area (Å²) in [5.41, 5.74) is 0.741. The molecular weight excluding hydrogens is 348 g/mol. The van der Waals surface area contributed by atoms with Crippen LogP contribution in [0.5, 0.6) is 0 Å². The Bertz CT molecular complexity index is 868. The van der Waals surface area contributed by atoms with Gasteiger partial charge in [0.2, 0.25) is 5.95 Å². The van der Waals surface area contributed by atoms with Gasteiger partial charge in [-0.15, -0.1) is 0 Å². The van der Waals surface area contributed by atoms with Crippen molar-refractivity contribution >= 4 is 5.95 Å². The van der Waals surface area contributed by atoms with Crippen molar-refractivity contribution in [2.24, 2.45) is 0 Å². The second kappa shape index (κ2) is 7.15. The van der Waals surface area contributed by atoms with Crippen LogP contribution < -0.4 is 10.6 Å². The quantitative estimate of drug-likeness (QED) is 0.670. The van der Waals surface area contributed by atoms with E-state index in [2.05, 4.69) is 20.6 Å². The highest BCUT2D eigenvalue weighted by atomic mass is 16.6. The molecule has 4 atom stereocenters. The standard InChI is InChI=1S/C19H20N4O4/c1-3-12(24-7-1)9-21-14-10-26-18-15(11-27-17(14)18)23-19-20-6-5-13(22-19)16-4-2-8-25-16/h1-8,14-15,17-18,21H,9-11H2,(H,20,22,23)/p+1/t14-,15-,17+,18+/m0/s1. The van der Waals surface area contributed by atoms with E-state index < -0.39 is 0 Å². The van der Waals surface area contributed by atoms with Crippen LogP contribution in [0.25, 0.3) is 11.5 Å². The molecule has 8 heteroatoms. The molecule has 140 valence electrons. The molecule has 0 aromatic carbocycles. The molecule has 0 amide bonds. The lowest BCUT2D eigenvalue weighted by atomic mass is 10.1. The topological polar surface area (TPSA) is 99.2 Å². The van der Waals surface area contributed by atoms with Crippen LogP contribution in [0.15, 0.2) is 57.9 Å². The average Bonchev–Trinajstić information content (AvgIpc) is 3.47. The fourth-order valence-corrected chi connectivity index (χ4v) is 3.71. The highest BCUT2D eigenvalue weighted by molar-refractivity contribution is 5.53. The number of furan rings is 2. The van der Waals surface area contributed by atoms with E-state index in [1.165, 1.54) is 0 Å². The average molecular weight is 369 g/mol. The number of nitrogens with zero attached hydrogens (tertiary/aromatic N) is 2. The first-order valence-corrected chi connectivity index (χ1v) is 9.09. The molecule has 2 saturated heterocycles. The van der Waals surface area contributed by atoms with Gasteiger partial charge >= 0.3 is 0 Å². The van der Waals surface area contributed by atoms with Crippen molar-refractivity contribution in [2.75, 3.05) is 18.5 Å². The number of aromatic nitrogens is 2. The fourth-order valence-electron chi connectivity index (χ4n) is 3.71. The van der Waals surface area contributed by atoms with Crippen LogP contribution in [-0.4, -0.2) is 47.5 Å². The number of anilines is 1. The van der Waals surface area contributed by atoms with Crippen molar-refractivity contribution in [1.82, 2.24) is 9.97 Å². The molecule has 5 rings (SSSR count). The Morgan fingerprint density at radius 3 is 2.78 bits per heavy atom. The summed E-state index contributed by atoms with van der Waals surface area (Å²) >= 11 is 0. The van der Waals surface area contributed by atoms with E-state index in [-0.39, 0.29) is 24.3 Å². The van der Waals surface area contributed by atoms with Crippen molar-refractivity contribution in [3.8, 4) is 11.5 Å². The minimum atomic E-state index is -0.0151. The smallest absolute Gasteiger partial charge is 0.223 e. The normalized spacial score (nSPS) is 27.0. The Balaban J connectivity index is 1.22. The number of hydrogen-bond acceptors (Lipinski definition) is 7. The van der Waals surface area contributed by atoms with Gasteiger partial charge in [0.25, 0.3) is 0 Å². The van der Waals surface area contributed by atoms with Gasteiger partial charge < -0.3 is 28.9 Å². The lowest BCUT2D eigenvalue weighted by molar-refractivity contribution is -0.709. The summed E-state index contributed by atoms with van der Waals surface area (Å²) in [6, 6.07) is 9.69. The van der Waals surface area contributed by atoms with Crippen molar-refractivity contribution in [2.45, 2.75) is 30.8 Å². The van der Waals surface area contributed by atoms with Crippen molar-refractivity contribution in [3.63, 3.8) is 0 Å². The number of nitrogens with one attached hydrogen (secondary N) is 1. The summed E-state index contributed by atoms with van der Waals surface area (Å²) in [7, 11) is 0. The molecule has 2 aliphatic rings. The molecule has 27 heavy (non-hydrogen) atoms. The van der Waals surface area contributed by atoms with Gasteiger partial charge in [-0.05, 0) is 30.3 Å². The predicted molar refractivity (Wildman–Crippen MR) is 94.8 cm³/mol. The molecule has 0 unspecified atom stereocenters. The summed E-state index contributed by atoms with van der Waals surface area (Å²) in [5.74, 6) is 2.21. The Hall–Kier alpha value is -2.68. The van der Waals surface area contributed by atoms with E-state index in [1.54, 1.807) is 18.7 Å². The molecule has 3 aromatic rings. The molecule has 5 heterocycles. The lowest BCUT2D eigenvalue weighted by Crippen LogP contribution is -2.91. The second-order valence-electron chi connectivity index (χ2n) is 6.77. The first kappa shape index (κ1) is 16.5. The molecule has 8 nitrogen and oxygen atoms in total. The molecule has 0 radical (unpaired) electrons. The van der Waals surface area contributed by atoms with E-state index in [0.717, 1.165) is 18.0 Å². The van der Waals surface area contributed by atoms with Gasteiger partial charge in [0.05, 0.1) is 25.2 Å². The van der Waals surface area contributed by atoms with Gasteiger partial charge in [0.15, 0.2) is 11.5 Å². The van der Waals surface area contributed by atoms with Crippen LogP contribution in [0.2, 0.25) is 0 Å². The number of quaternary nitrogens is 1. The minimum Gasteiger partial charge on any atom is -0.463 e. The lowest BCUT2D eigenvalue weighted by Gasteiger charge is -2.17. The highest BCUT2D eigenvalue weighted by Crippen LogP contribution is 2.27. The molecule has 2 fully saturated rings. The number of rotatable bonds is 6. The maximum absolute atomic E-state index is 6.02. The van der Waals surface area contributed by atoms with E-state index in [4.69, 9.17) is 18.3 Å². The molecule has 3 aromatic heterocycles. The van der Waals surface area contributed by atoms with Gasteiger partial charge in [-0.25, -0.2) is 9.97 Å². The Morgan fingerprint density at radius 1 is 1.04 bits per heavy atom. The molecule has 0 aliphatic carbocycles. The van der Waals surface area contributed by atoms with E-state index in [0.29, 0.717) is 24.9 Å². The largest absolute Gasteiger partial charge is 0.463 e. The van der Waals surface area contributed by atoms with Crippen LogP contribution in [0.3, 0.4) is 0 Å². The third kappa shape index (κ3) is 3.34. The summed E-state index contributed by atoms with van der Waals surface area (Å²) in [6.45, 7) is 2.00. The van der Waals surface area contributed by atoms with Crippen LogP contribution in [0.4, 0.5) is 5.95 Å². The number of ether oxygens (including phenoxy) is 2. The first-order chi connectivity index (χ1) is 13.4. The fraction of sp³-hybridized carbons (Fsp3) is 0.368. The molecule has 3 N–H and O–H groups in total. The second-order valence-corrected chi connectivity index (χ2v) is 6.77. The summed E-state index contributed by atoms with van der Waals surface area (Å²) in [6.07, 6.45) is 5.08. The number of nitrogens with two attached hydrogens (primary N) is 1. The van der Waals surface area contributed by atoms with Crippen LogP contribution in [0.1, 0.15) is 5.76 Å². The maximum Gasteiger partial charge on any atom is 0.223 e. The van der Waals surface area contributed by atoms with Gasteiger partial charge in [0.1, 0.15) is 37.1 Å². The molecular formula is C19H21N4O4+. The number of fused-ring (bicyclic) bond motifs is 1. The van der Waals surface area contributed by atoms with Gasteiger partial charge in [0, 0.05) is 6.20 Å². The zero-order valence-electron chi connectivity index (χ0n) is 14.7. The van der Waals surface area contributed by atoms with Crippen LogP contribution >= 0.6 is 0 Å². The zero-order chi connectivity index (χ0) is 18.1. The van der Waals surface area contributed by atoms with Crippen molar-refractivity contribution < 1.29 is 23.6 Å². The Labute approximate surface area is 155 Å². The molecule has 2 aliphatic heterocycles. The van der Waals surface area contributed by atoms with E-state index >= 15 is 0 Å². The first-order valence-electron chi connectivity index (χ1n) is 9.09. The summed E-state index contributed by atoms with van der Waals surface area (Å²) in [4.78, 5) is 8.86. The van der Waals surface area contributed by atoms with E-state index in [9.17, 15) is 0 Å². The molecule has 0 spiro atoms. The van der Waals surface area contributed by atoms with Gasteiger partial charge in [-0.3, -0.25) is 0 Å². The van der Waals surface area contributed by atoms with Crippen LogP contribution in [0, 0.1) is 0 Å². The van der Waals surface area contributed by atoms with Crippen LogP contribution in [-0.2, 0) is 16.0 Å². The third-order valence-corrected chi connectivity index (χ3v) is 5.04. The predicted octanol–water partition coefficient (Wildman–Crippen LogP) is 1.04. The van der Waals surface area contributed by atoms with Crippen molar-refractivity contribution in [3.05, 3.63) is 54.8 Å². The van der Waals surface area contributed by atoms with Gasteiger partial charge in [-0.2, -0.15) is 0 Å². The van der Waals surface area contributed by atoms with Gasteiger partial charge in [-0.1, -0.05) is 0 Å². The third-order valence-electron chi connectivity index (χ3n) is 5.04. The maximum atomic E-state index is 6.02. The SMILES string of the molecule is c1coc(C[NH2+][C@H]2CO[C@H]3[C@@H]2OC[C@@H]3Nc2nccc(-c3ccco3)n2)c1. The van der Waals surface area contributed by atoms with E-state index in [1.807, 2.05) is 30.3 Å². The minimum absolute atomic E-state index is 0.0151. The van der Waals surface area contributed by atoms with Crippen molar-refractivity contribution in [1.29, 1.82) is 0 Å². The Kier molecular flexibility index (Phi) is 4.36. The molecule has 0 saturated carbocycles. The summed E-state index contributed by atoms with van der Waals surface area (Å²) < 4.78 is 22.8. The monoisotopic (exact) mass is 369 g/mol. The molecule has 0 bridgehead atoms. The zero-order valence-corrected chi connectivity index (χ0v) is 14.7. The highest BCUT2D eigenvalue weighted by Gasteiger charge is 2.50. The summed E-state index contributed by atoms with van der Waals surface area (Å²) in [5, 5.41) is 5.58.